The van der Waals surface area contributed by atoms with Gasteiger partial charge in [-0.15, -0.1) is 0 Å². The fourth-order valence-corrected chi connectivity index (χ4v) is 16.7. The Morgan fingerprint density at radius 3 is 1.85 bits per heavy atom. The Hall–Kier alpha value is -2.51. The maximum Gasteiger partial charge on any atom is 0.231 e. The van der Waals surface area contributed by atoms with Crippen molar-refractivity contribution in [1.29, 1.82) is 0 Å². The lowest BCUT2D eigenvalue weighted by Gasteiger charge is -2.44. The molecule has 0 saturated carbocycles. The second kappa shape index (κ2) is 21.8. The number of rotatable bonds is 9. The third kappa shape index (κ3) is 10.4. The number of likely N-dealkylation sites (tertiary alicyclic amines) is 3. The van der Waals surface area contributed by atoms with Crippen molar-refractivity contribution in [3.8, 4) is 0 Å². The summed E-state index contributed by atoms with van der Waals surface area (Å²) in [5, 5.41) is 31.7. The quantitative estimate of drug-likeness (QED) is 0.128. The Kier molecular flexibility index (Phi) is 16.1. The van der Waals surface area contributed by atoms with Crippen LogP contribution in [0.4, 0.5) is 0 Å². The molecule has 18 heteroatoms. The molecule has 5 N–H and O–H groups in total. The van der Waals surface area contributed by atoms with Gasteiger partial charge in [-0.2, -0.15) is 0 Å². The molecule has 384 valence electrons. The molecule has 2 aromatic heterocycles. The first kappa shape index (κ1) is 52.9. The Morgan fingerprint density at radius 1 is 0.681 bits per heavy atom. The van der Waals surface area contributed by atoms with E-state index in [-0.39, 0.29) is 59.8 Å². The molecule has 5 unspecified atom stereocenters. The number of carbonyl (C=O) groups is 3. The van der Waals surface area contributed by atoms with Gasteiger partial charge in [-0.25, -0.2) is 0 Å². The minimum Gasteiger partial charge on any atom is -0.378 e. The molecule has 0 radical (unpaired) electrons. The standard InChI is InChI=1S/C54H61Br4Cl2N7O5/c55-37-18-33-2-1-32-19-39(59)24-44(57)49(32)53(71,51(33)63-26-37)35-6-15-67(16-7-35)48(70)22-31-3-10-62-28-43(31)41-21-34-20-40(60)25-45(58)50(34)54(72,52-42(41)23-38(56)27-64-52)36-8-13-66(14-9-36)47(69)17-30-4-11-65(12-5-30)29-46(61)68/h18-20,23-27,30-31,35-36,41,43,62,71-72H,1-17,21-22,28-29H2,(H2,61,68). The summed E-state index contributed by atoms with van der Waals surface area (Å²) in [5.74, 6) is -0.288. The molecule has 72 heavy (non-hydrogen) atoms. The van der Waals surface area contributed by atoms with Crippen molar-refractivity contribution in [2.45, 2.75) is 94.2 Å². The number of pyridine rings is 2. The van der Waals surface area contributed by atoms with E-state index >= 15 is 0 Å². The zero-order valence-corrected chi connectivity index (χ0v) is 48.0. The number of benzene rings is 2. The van der Waals surface area contributed by atoms with Gasteiger partial charge in [0.15, 0.2) is 0 Å². The van der Waals surface area contributed by atoms with Crippen LogP contribution in [0.5, 0.6) is 0 Å². The molecule has 6 aliphatic rings. The fraction of sp³-hybridized carbons (Fsp3) is 0.537. The van der Waals surface area contributed by atoms with Crippen molar-refractivity contribution in [3.05, 3.63) is 121 Å². The summed E-state index contributed by atoms with van der Waals surface area (Å²) in [4.78, 5) is 56.0. The van der Waals surface area contributed by atoms with E-state index in [0.29, 0.717) is 99.1 Å². The van der Waals surface area contributed by atoms with Gasteiger partial charge in [-0.1, -0.05) is 55.1 Å². The lowest BCUT2D eigenvalue weighted by molar-refractivity contribution is -0.136. The number of halogens is 6. The topological polar surface area (TPSA) is 165 Å². The van der Waals surface area contributed by atoms with Crippen LogP contribution >= 0.6 is 86.9 Å². The van der Waals surface area contributed by atoms with Gasteiger partial charge in [-0.3, -0.25) is 29.3 Å². The highest BCUT2D eigenvalue weighted by Crippen LogP contribution is 2.54. The van der Waals surface area contributed by atoms with Gasteiger partial charge in [0.25, 0.3) is 0 Å². The number of aliphatic hydroxyl groups is 2. The lowest BCUT2D eigenvalue weighted by atomic mass is 9.70. The smallest absolute Gasteiger partial charge is 0.231 e. The Balaban J connectivity index is 0.881. The van der Waals surface area contributed by atoms with Crippen molar-refractivity contribution in [2.75, 3.05) is 58.9 Å². The van der Waals surface area contributed by atoms with Gasteiger partial charge in [0.05, 0.1) is 17.9 Å². The highest BCUT2D eigenvalue weighted by molar-refractivity contribution is 9.11. The number of fused-ring (bicyclic) bond motifs is 4. The van der Waals surface area contributed by atoms with E-state index in [0.717, 1.165) is 103 Å². The van der Waals surface area contributed by atoms with Crippen LogP contribution in [0.15, 0.2) is 66.7 Å². The van der Waals surface area contributed by atoms with E-state index in [9.17, 15) is 24.6 Å². The number of piperidine rings is 4. The van der Waals surface area contributed by atoms with Crippen molar-refractivity contribution >= 4 is 105 Å². The summed E-state index contributed by atoms with van der Waals surface area (Å²) in [5.41, 5.74) is 9.35. The normalized spacial score (nSPS) is 26.5. The SMILES string of the molecule is NC(=O)CN1CCC(CC(=O)N2CCC(C3(O)c4ncc(Br)cc4C(C4CNCCC4CC(=O)N4CCC(C5(O)c6ncc(Br)cc6CCc6cc(Cl)cc(Br)c65)CC4)Cc4cc(Cl)cc(Br)c43)CC2)CC1. The van der Waals surface area contributed by atoms with Crippen molar-refractivity contribution in [3.63, 3.8) is 0 Å². The molecule has 10 rings (SSSR count). The first-order valence-electron chi connectivity index (χ1n) is 25.5. The van der Waals surface area contributed by atoms with Crippen LogP contribution in [0.3, 0.4) is 0 Å². The highest BCUT2D eigenvalue weighted by Gasteiger charge is 2.52. The number of nitrogens with two attached hydrogens (primary N) is 1. The Morgan fingerprint density at radius 2 is 1.22 bits per heavy atom. The summed E-state index contributed by atoms with van der Waals surface area (Å²) < 4.78 is 3.17. The minimum atomic E-state index is -1.50. The number of primary amides is 1. The van der Waals surface area contributed by atoms with Crippen LogP contribution in [-0.4, -0.2) is 112 Å². The second-order valence-corrected chi connectivity index (χ2v) is 25.7. The van der Waals surface area contributed by atoms with Gasteiger partial charge >= 0.3 is 0 Å². The summed E-state index contributed by atoms with van der Waals surface area (Å²) in [6.07, 6.45) is 11.3. The largest absolute Gasteiger partial charge is 0.378 e. The number of carbonyl (C=O) groups excluding carboxylic acids is 3. The fourth-order valence-electron chi connectivity index (χ4n) is 13.6. The molecule has 4 fully saturated rings. The van der Waals surface area contributed by atoms with E-state index in [4.69, 9.17) is 38.9 Å². The van der Waals surface area contributed by atoms with E-state index in [1.54, 1.807) is 12.4 Å². The van der Waals surface area contributed by atoms with E-state index in [1.165, 1.54) is 0 Å². The van der Waals surface area contributed by atoms with Crippen LogP contribution in [0.25, 0.3) is 0 Å². The average molecular weight is 1280 g/mol. The summed E-state index contributed by atoms with van der Waals surface area (Å²) in [6, 6.07) is 11.9. The molecular weight excluding hydrogens is 1220 g/mol. The molecule has 3 amide bonds. The second-order valence-electron chi connectivity index (χ2n) is 21.3. The zero-order chi connectivity index (χ0) is 50.6. The third-order valence-electron chi connectivity index (χ3n) is 17.1. The van der Waals surface area contributed by atoms with Gasteiger partial charge in [0, 0.05) is 102 Å². The maximum atomic E-state index is 14.7. The Labute approximate surface area is 465 Å². The van der Waals surface area contributed by atoms with Crippen molar-refractivity contribution in [2.24, 2.45) is 35.3 Å². The number of nitrogens with one attached hydrogen (secondary N) is 1. The van der Waals surface area contributed by atoms with Crippen LogP contribution in [-0.2, 0) is 44.8 Å². The van der Waals surface area contributed by atoms with Crippen LogP contribution < -0.4 is 11.1 Å². The summed E-state index contributed by atoms with van der Waals surface area (Å²) in [7, 11) is 0. The maximum absolute atomic E-state index is 14.7. The molecular formula is C54H61Br4Cl2N7O5. The highest BCUT2D eigenvalue weighted by atomic mass is 79.9. The van der Waals surface area contributed by atoms with Crippen molar-refractivity contribution in [1.82, 2.24) is 30.0 Å². The molecule has 4 aliphatic heterocycles. The van der Waals surface area contributed by atoms with E-state index in [1.807, 2.05) is 34.1 Å². The van der Waals surface area contributed by atoms with Gasteiger partial charge in [0.2, 0.25) is 17.7 Å². The number of aromatic nitrogens is 2. The monoisotopic (exact) mass is 1270 g/mol. The molecule has 5 atom stereocenters. The van der Waals surface area contributed by atoms with Gasteiger partial charge in [0.1, 0.15) is 11.2 Å². The molecule has 4 saturated heterocycles. The lowest BCUT2D eigenvalue weighted by Crippen LogP contribution is -2.48. The molecule has 6 heterocycles. The molecule has 4 aromatic rings. The van der Waals surface area contributed by atoms with E-state index in [2.05, 4.69) is 86.1 Å². The zero-order valence-electron chi connectivity index (χ0n) is 40.1. The first-order valence-corrected chi connectivity index (χ1v) is 29.4. The number of amides is 3. The van der Waals surface area contributed by atoms with Gasteiger partial charge in [-0.05, 0) is 205 Å². The van der Waals surface area contributed by atoms with Crippen LogP contribution in [0.1, 0.15) is 108 Å². The minimum absolute atomic E-state index is 0.0273. The van der Waals surface area contributed by atoms with Crippen LogP contribution in [0.2, 0.25) is 10.0 Å². The predicted octanol–water partition coefficient (Wildman–Crippen LogP) is 9.42. The number of aryl methyl sites for hydroxylation is 2. The Bertz CT molecular complexity index is 2750. The number of hydrogen-bond donors (Lipinski definition) is 4. The molecule has 2 aromatic carbocycles. The summed E-state index contributed by atoms with van der Waals surface area (Å²) >= 11 is 28.5. The predicted molar refractivity (Wildman–Crippen MR) is 293 cm³/mol. The molecule has 12 nitrogen and oxygen atoms in total. The van der Waals surface area contributed by atoms with Crippen LogP contribution in [0, 0.1) is 29.6 Å². The summed E-state index contributed by atoms with van der Waals surface area (Å²) in [6.45, 7) is 5.36. The number of nitrogens with zero attached hydrogens (tertiary/aromatic N) is 5. The molecule has 2 aliphatic carbocycles. The number of hydrogen-bond acceptors (Lipinski definition) is 9. The first-order chi connectivity index (χ1) is 34.5. The van der Waals surface area contributed by atoms with Crippen molar-refractivity contribution < 1.29 is 24.6 Å². The van der Waals surface area contributed by atoms with E-state index < -0.39 is 11.2 Å². The molecule has 0 spiro atoms. The molecule has 0 bridgehead atoms. The van der Waals surface area contributed by atoms with Gasteiger partial charge < -0.3 is 31.1 Å². The third-order valence-corrected chi connectivity index (χ3v) is 19.7. The average Bonchev–Trinajstić information content (AvgIpc) is 3.54.